The van der Waals surface area contributed by atoms with Crippen LogP contribution in [0.3, 0.4) is 0 Å². The van der Waals surface area contributed by atoms with Crippen molar-refractivity contribution < 1.29 is 9.90 Å². The molecule has 0 aromatic carbocycles. The molecule has 0 aromatic heterocycles. The minimum absolute atomic E-state index is 0.00492. The second-order valence-electron chi connectivity index (χ2n) is 4.98. The van der Waals surface area contributed by atoms with E-state index in [-0.39, 0.29) is 24.5 Å². The maximum Gasteiger partial charge on any atom is 0.234 e. The van der Waals surface area contributed by atoms with Gasteiger partial charge in [-0.1, -0.05) is 13.8 Å². The maximum absolute atomic E-state index is 11.8. The Morgan fingerprint density at radius 3 is 2.82 bits per heavy atom. The van der Waals surface area contributed by atoms with Crippen molar-refractivity contribution in [3.05, 3.63) is 0 Å². The van der Waals surface area contributed by atoms with Gasteiger partial charge in [-0.25, -0.2) is 0 Å². The highest BCUT2D eigenvalue weighted by molar-refractivity contribution is 5.78. The molecule has 1 saturated heterocycles. The second kappa shape index (κ2) is 7.63. The first-order valence-electron chi connectivity index (χ1n) is 6.46. The van der Waals surface area contributed by atoms with E-state index in [0.29, 0.717) is 6.54 Å². The second-order valence-corrected chi connectivity index (χ2v) is 4.98. The largest absolute Gasteiger partial charge is 0.394 e. The summed E-state index contributed by atoms with van der Waals surface area (Å²) in [4.78, 5) is 14.0. The molecular weight excluding hydrogens is 218 g/mol. The SMILES string of the molecule is CC(C)C(CO)NC(=O)CN1CCCNCC1. The van der Waals surface area contributed by atoms with E-state index in [0.717, 1.165) is 32.6 Å². The third-order valence-corrected chi connectivity index (χ3v) is 3.15. The normalized spacial score (nSPS) is 20.0. The van der Waals surface area contributed by atoms with Crippen molar-refractivity contribution in [1.82, 2.24) is 15.5 Å². The number of rotatable bonds is 5. The van der Waals surface area contributed by atoms with Gasteiger partial charge in [0.2, 0.25) is 5.91 Å². The van der Waals surface area contributed by atoms with Crippen LogP contribution in [0.2, 0.25) is 0 Å². The lowest BCUT2D eigenvalue weighted by Crippen LogP contribution is -2.46. The number of nitrogens with zero attached hydrogens (tertiary/aromatic N) is 1. The molecular formula is C12H25N3O2. The molecule has 0 aliphatic carbocycles. The molecule has 1 amide bonds. The van der Waals surface area contributed by atoms with Crippen molar-refractivity contribution in [3.8, 4) is 0 Å². The lowest BCUT2D eigenvalue weighted by molar-refractivity contribution is -0.123. The van der Waals surface area contributed by atoms with Crippen LogP contribution in [0.1, 0.15) is 20.3 Å². The molecule has 1 aliphatic rings. The van der Waals surface area contributed by atoms with E-state index in [1.165, 1.54) is 0 Å². The molecule has 100 valence electrons. The van der Waals surface area contributed by atoms with Gasteiger partial charge in [-0.15, -0.1) is 0 Å². The number of carbonyl (C=O) groups excluding carboxylic acids is 1. The highest BCUT2D eigenvalue weighted by atomic mass is 16.3. The van der Waals surface area contributed by atoms with Crippen molar-refractivity contribution in [3.63, 3.8) is 0 Å². The topological polar surface area (TPSA) is 64.6 Å². The molecule has 0 spiro atoms. The zero-order chi connectivity index (χ0) is 12.7. The predicted octanol–water partition coefficient (Wildman–Crippen LogP) is -0.585. The number of amides is 1. The summed E-state index contributed by atoms with van der Waals surface area (Å²) < 4.78 is 0. The Kier molecular flexibility index (Phi) is 6.47. The number of carbonyl (C=O) groups is 1. The number of hydrogen-bond donors (Lipinski definition) is 3. The molecule has 1 aliphatic heterocycles. The molecule has 1 atom stereocenters. The number of aliphatic hydroxyl groups is 1. The van der Waals surface area contributed by atoms with E-state index >= 15 is 0 Å². The first kappa shape index (κ1) is 14.4. The monoisotopic (exact) mass is 243 g/mol. The molecule has 0 radical (unpaired) electrons. The summed E-state index contributed by atoms with van der Waals surface area (Å²) in [5, 5.41) is 15.3. The predicted molar refractivity (Wildman–Crippen MR) is 67.8 cm³/mol. The molecule has 17 heavy (non-hydrogen) atoms. The summed E-state index contributed by atoms with van der Waals surface area (Å²) in [6.07, 6.45) is 1.08. The zero-order valence-electron chi connectivity index (χ0n) is 10.9. The summed E-state index contributed by atoms with van der Waals surface area (Å²) in [6.45, 7) is 8.29. The van der Waals surface area contributed by atoms with E-state index in [1.807, 2.05) is 13.8 Å². The Hall–Kier alpha value is -0.650. The number of hydrogen-bond acceptors (Lipinski definition) is 4. The Labute approximate surface area is 104 Å². The van der Waals surface area contributed by atoms with E-state index in [4.69, 9.17) is 5.11 Å². The smallest absolute Gasteiger partial charge is 0.234 e. The zero-order valence-corrected chi connectivity index (χ0v) is 10.9. The van der Waals surface area contributed by atoms with Crippen LogP contribution in [0.5, 0.6) is 0 Å². The Balaban J connectivity index is 2.32. The van der Waals surface area contributed by atoms with Gasteiger partial charge in [0, 0.05) is 13.1 Å². The molecule has 5 nitrogen and oxygen atoms in total. The first-order valence-corrected chi connectivity index (χ1v) is 6.46. The molecule has 1 rings (SSSR count). The lowest BCUT2D eigenvalue weighted by Gasteiger charge is -2.23. The van der Waals surface area contributed by atoms with Gasteiger partial charge in [0.1, 0.15) is 0 Å². The van der Waals surface area contributed by atoms with Crippen LogP contribution in [-0.4, -0.2) is 61.3 Å². The molecule has 1 unspecified atom stereocenters. The fourth-order valence-corrected chi connectivity index (χ4v) is 1.94. The van der Waals surface area contributed by atoms with Crippen LogP contribution >= 0.6 is 0 Å². The van der Waals surface area contributed by atoms with E-state index < -0.39 is 0 Å². The summed E-state index contributed by atoms with van der Waals surface area (Å²) in [6, 6.07) is -0.132. The fourth-order valence-electron chi connectivity index (χ4n) is 1.94. The van der Waals surface area contributed by atoms with Gasteiger partial charge in [0.15, 0.2) is 0 Å². The molecule has 0 bridgehead atoms. The van der Waals surface area contributed by atoms with Crippen LogP contribution in [-0.2, 0) is 4.79 Å². The highest BCUT2D eigenvalue weighted by Crippen LogP contribution is 2.01. The van der Waals surface area contributed by atoms with E-state index in [9.17, 15) is 4.79 Å². The first-order chi connectivity index (χ1) is 8.13. The average molecular weight is 243 g/mol. The highest BCUT2D eigenvalue weighted by Gasteiger charge is 2.17. The molecule has 5 heteroatoms. The van der Waals surface area contributed by atoms with Gasteiger partial charge in [-0.2, -0.15) is 0 Å². The van der Waals surface area contributed by atoms with Gasteiger partial charge in [0.05, 0.1) is 19.2 Å². The van der Waals surface area contributed by atoms with E-state index in [2.05, 4.69) is 15.5 Å². The Morgan fingerprint density at radius 2 is 2.18 bits per heavy atom. The maximum atomic E-state index is 11.8. The quantitative estimate of drug-likeness (QED) is 0.604. The van der Waals surface area contributed by atoms with E-state index in [1.54, 1.807) is 0 Å². The molecule has 3 N–H and O–H groups in total. The third kappa shape index (κ3) is 5.48. The van der Waals surface area contributed by atoms with Crippen LogP contribution in [0, 0.1) is 5.92 Å². The minimum atomic E-state index is -0.132. The van der Waals surface area contributed by atoms with Crippen LogP contribution in [0.4, 0.5) is 0 Å². The third-order valence-electron chi connectivity index (χ3n) is 3.15. The van der Waals surface area contributed by atoms with Crippen LogP contribution < -0.4 is 10.6 Å². The van der Waals surface area contributed by atoms with Crippen LogP contribution in [0.25, 0.3) is 0 Å². The number of aliphatic hydroxyl groups excluding tert-OH is 1. The molecule has 1 heterocycles. The minimum Gasteiger partial charge on any atom is -0.394 e. The van der Waals surface area contributed by atoms with Gasteiger partial charge in [-0.3, -0.25) is 9.69 Å². The van der Waals surface area contributed by atoms with Crippen molar-refractivity contribution in [2.45, 2.75) is 26.3 Å². The summed E-state index contributed by atoms with van der Waals surface area (Å²) in [5.74, 6) is 0.273. The lowest BCUT2D eigenvalue weighted by atomic mass is 10.1. The Bertz CT molecular complexity index is 226. The molecule has 0 saturated carbocycles. The van der Waals surface area contributed by atoms with Gasteiger partial charge < -0.3 is 15.7 Å². The molecule has 1 fully saturated rings. The van der Waals surface area contributed by atoms with Crippen LogP contribution in [0.15, 0.2) is 0 Å². The van der Waals surface area contributed by atoms with Crippen molar-refractivity contribution >= 4 is 5.91 Å². The molecule has 0 aromatic rings. The van der Waals surface area contributed by atoms with Crippen molar-refractivity contribution in [2.75, 3.05) is 39.3 Å². The number of nitrogens with one attached hydrogen (secondary N) is 2. The summed E-state index contributed by atoms with van der Waals surface area (Å²) >= 11 is 0. The van der Waals surface area contributed by atoms with Crippen molar-refractivity contribution in [1.29, 1.82) is 0 Å². The average Bonchev–Trinajstić information content (AvgIpc) is 2.54. The summed E-state index contributed by atoms with van der Waals surface area (Å²) in [5.41, 5.74) is 0. The standard InChI is InChI=1S/C12H25N3O2/c1-10(2)11(9-16)14-12(17)8-15-6-3-4-13-5-7-15/h10-11,13,16H,3-9H2,1-2H3,(H,14,17). The van der Waals surface area contributed by atoms with Gasteiger partial charge >= 0.3 is 0 Å². The van der Waals surface area contributed by atoms with Gasteiger partial charge in [0.25, 0.3) is 0 Å². The Morgan fingerprint density at radius 1 is 1.41 bits per heavy atom. The van der Waals surface area contributed by atoms with Gasteiger partial charge in [-0.05, 0) is 25.4 Å². The summed E-state index contributed by atoms with van der Waals surface area (Å²) in [7, 11) is 0. The van der Waals surface area contributed by atoms with Crippen molar-refractivity contribution in [2.24, 2.45) is 5.92 Å². The fraction of sp³-hybridized carbons (Fsp3) is 0.917.